The molecule has 0 bridgehead atoms. The van der Waals surface area contributed by atoms with E-state index < -0.39 is 22.6 Å². The molecule has 1 aliphatic heterocycles. The van der Waals surface area contributed by atoms with Gasteiger partial charge in [-0.05, 0) is 54.8 Å². The second kappa shape index (κ2) is 9.72. The number of carbonyl (C=O) groups excluding carboxylic acids is 1. The highest BCUT2D eigenvalue weighted by Crippen LogP contribution is 2.25. The van der Waals surface area contributed by atoms with E-state index in [2.05, 4.69) is 10.1 Å². The van der Waals surface area contributed by atoms with E-state index >= 15 is 0 Å². The third-order valence-electron chi connectivity index (χ3n) is 4.80. The average molecular weight is 459 g/mol. The lowest BCUT2D eigenvalue weighted by atomic mass is 9.99. The number of amides is 1. The number of carbonyl (C=O) groups is 1. The van der Waals surface area contributed by atoms with Crippen LogP contribution in [0.2, 0.25) is 5.02 Å². The second-order valence-corrected chi connectivity index (χ2v) is 9.27. The van der Waals surface area contributed by atoms with Gasteiger partial charge < -0.3 is 10.1 Å². The lowest BCUT2D eigenvalue weighted by Gasteiger charge is -2.31. The predicted octanol–water partition coefficient (Wildman–Crippen LogP) is 3.66. The summed E-state index contributed by atoms with van der Waals surface area (Å²) in [6.07, 6.45) is 1.12. The predicted molar refractivity (Wildman–Crippen MR) is 108 cm³/mol. The van der Waals surface area contributed by atoms with Gasteiger partial charge in [-0.1, -0.05) is 23.7 Å². The van der Waals surface area contributed by atoms with Crippen LogP contribution in [-0.2, 0) is 21.4 Å². The Balaban J connectivity index is 1.61. The summed E-state index contributed by atoms with van der Waals surface area (Å²) >= 11 is 5.83. The normalized spacial score (nSPS) is 17.7. The molecule has 1 heterocycles. The number of hydrogen-bond acceptors (Lipinski definition) is 4. The molecule has 10 heteroatoms. The third kappa shape index (κ3) is 5.68. The fourth-order valence-corrected chi connectivity index (χ4v) is 4.95. The van der Waals surface area contributed by atoms with E-state index in [0.29, 0.717) is 30.0 Å². The molecule has 3 rings (SSSR count). The van der Waals surface area contributed by atoms with Crippen molar-refractivity contribution in [3.8, 4) is 5.75 Å². The van der Waals surface area contributed by atoms with Gasteiger partial charge in [0.1, 0.15) is 5.75 Å². The van der Waals surface area contributed by atoms with Gasteiger partial charge in [-0.2, -0.15) is 13.1 Å². The van der Waals surface area contributed by atoms with Crippen molar-refractivity contribution in [2.24, 2.45) is 5.92 Å². The van der Waals surface area contributed by atoms with Crippen LogP contribution >= 0.6 is 11.6 Å². The molecule has 2 aromatic rings. The topological polar surface area (TPSA) is 75.7 Å². The minimum absolute atomic E-state index is 0.00893. The van der Waals surface area contributed by atoms with Crippen molar-refractivity contribution in [3.63, 3.8) is 0 Å². The van der Waals surface area contributed by atoms with Gasteiger partial charge in [-0.15, -0.1) is 0 Å². The van der Waals surface area contributed by atoms with E-state index in [1.165, 1.54) is 40.7 Å². The molecule has 162 valence electrons. The minimum Gasteiger partial charge on any atom is -0.435 e. The van der Waals surface area contributed by atoms with E-state index in [1.54, 1.807) is 12.1 Å². The van der Waals surface area contributed by atoms with E-state index in [1.807, 2.05) is 0 Å². The average Bonchev–Trinajstić information content (AvgIpc) is 2.72. The molecule has 1 saturated heterocycles. The molecule has 0 spiro atoms. The number of halogens is 3. The Morgan fingerprint density at radius 3 is 2.67 bits per heavy atom. The number of piperidine rings is 1. The standard InChI is InChI=1S/C20H21ClF2N2O4S/c21-16-6-8-18(9-7-16)30(27,28)25-10-2-4-15(13-25)19(26)24-12-14-3-1-5-17(11-14)29-20(22)23/h1,3,5-9,11,15,20H,2,4,10,12-13H2,(H,24,26). The molecular formula is C20H21ClF2N2O4S. The van der Waals surface area contributed by atoms with Gasteiger partial charge in [0.05, 0.1) is 10.8 Å². The van der Waals surface area contributed by atoms with Crippen LogP contribution in [0.15, 0.2) is 53.4 Å². The quantitative estimate of drug-likeness (QED) is 0.687. The van der Waals surface area contributed by atoms with Crippen LogP contribution in [-0.4, -0.2) is 38.3 Å². The van der Waals surface area contributed by atoms with Gasteiger partial charge in [0.15, 0.2) is 0 Å². The van der Waals surface area contributed by atoms with Crippen molar-refractivity contribution < 1.29 is 26.7 Å². The monoisotopic (exact) mass is 458 g/mol. The molecule has 2 aromatic carbocycles. The van der Waals surface area contributed by atoms with E-state index in [0.717, 1.165) is 0 Å². The molecule has 1 aliphatic rings. The fourth-order valence-electron chi connectivity index (χ4n) is 3.30. The van der Waals surface area contributed by atoms with Crippen LogP contribution in [0.4, 0.5) is 8.78 Å². The number of nitrogens with one attached hydrogen (secondary N) is 1. The summed E-state index contributed by atoms with van der Waals surface area (Å²) < 4.78 is 56.0. The molecule has 1 atom stereocenters. The Labute approximate surface area is 178 Å². The number of nitrogens with zero attached hydrogens (tertiary/aromatic N) is 1. The molecular weight excluding hydrogens is 438 g/mol. The number of sulfonamides is 1. The number of alkyl halides is 2. The first kappa shape index (κ1) is 22.5. The Bertz CT molecular complexity index is 987. The van der Waals surface area contributed by atoms with Crippen LogP contribution in [0, 0.1) is 5.92 Å². The summed E-state index contributed by atoms with van der Waals surface area (Å²) in [5.41, 5.74) is 0.600. The summed E-state index contributed by atoms with van der Waals surface area (Å²) in [5.74, 6) is -0.776. The van der Waals surface area contributed by atoms with Crippen molar-refractivity contribution in [1.82, 2.24) is 9.62 Å². The smallest absolute Gasteiger partial charge is 0.387 e. The van der Waals surface area contributed by atoms with Crippen molar-refractivity contribution in [1.29, 1.82) is 0 Å². The maximum Gasteiger partial charge on any atom is 0.387 e. The van der Waals surface area contributed by atoms with Crippen LogP contribution in [0.3, 0.4) is 0 Å². The van der Waals surface area contributed by atoms with Crippen LogP contribution in [0.5, 0.6) is 5.75 Å². The van der Waals surface area contributed by atoms with Gasteiger partial charge in [0, 0.05) is 24.7 Å². The maximum atomic E-state index is 12.8. The molecule has 0 aliphatic carbocycles. The molecule has 1 unspecified atom stereocenters. The summed E-state index contributed by atoms with van der Waals surface area (Å²) in [4.78, 5) is 12.7. The third-order valence-corrected chi connectivity index (χ3v) is 6.93. The molecule has 1 amide bonds. The summed E-state index contributed by atoms with van der Waals surface area (Å²) in [5, 5.41) is 3.19. The first-order valence-corrected chi connectivity index (χ1v) is 11.1. The highest BCUT2D eigenvalue weighted by molar-refractivity contribution is 7.89. The molecule has 0 aromatic heterocycles. The molecule has 1 fully saturated rings. The van der Waals surface area contributed by atoms with E-state index in [4.69, 9.17) is 11.6 Å². The van der Waals surface area contributed by atoms with Crippen LogP contribution in [0.25, 0.3) is 0 Å². The van der Waals surface area contributed by atoms with Crippen molar-refractivity contribution in [3.05, 3.63) is 59.1 Å². The SMILES string of the molecule is O=C(NCc1cccc(OC(F)F)c1)C1CCCN(S(=O)(=O)c2ccc(Cl)cc2)C1. The fraction of sp³-hybridized carbons (Fsp3) is 0.350. The number of benzene rings is 2. The molecule has 6 nitrogen and oxygen atoms in total. The van der Waals surface area contributed by atoms with Gasteiger partial charge in [0.2, 0.25) is 15.9 Å². The molecule has 1 N–H and O–H groups in total. The summed E-state index contributed by atoms with van der Waals surface area (Å²) in [7, 11) is -3.72. The maximum absolute atomic E-state index is 12.8. The van der Waals surface area contributed by atoms with Crippen LogP contribution in [0.1, 0.15) is 18.4 Å². The summed E-state index contributed by atoms with van der Waals surface area (Å²) in [6.45, 7) is -2.39. The van der Waals surface area contributed by atoms with Crippen molar-refractivity contribution in [2.75, 3.05) is 13.1 Å². The highest BCUT2D eigenvalue weighted by Gasteiger charge is 2.33. The number of ether oxygens (including phenoxy) is 1. The Morgan fingerprint density at radius 1 is 1.23 bits per heavy atom. The summed E-state index contributed by atoms with van der Waals surface area (Å²) in [6, 6.07) is 12.0. The zero-order valence-electron chi connectivity index (χ0n) is 15.9. The van der Waals surface area contributed by atoms with Crippen molar-refractivity contribution >= 4 is 27.5 Å². The Hall–Kier alpha value is -2.23. The van der Waals surface area contributed by atoms with Gasteiger partial charge in [-0.25, -0.2) is 8.42 Å². The minimum atomic E-state index is -3.72. The molecule has 0 radical (unpaired) electrons. The number of rotatable bonds is 7. The lowest BCUT2D eigenvalue weighted by molar-refractivity contribution is -0.126. The van der Waals surface area contributed by atoms with E-state index in [9.17, 15) is 22.0 Å². The first-order chi connectivity index (χ1) is 14.3. The van der Waals surface area contributed by atoms with E-state index in [-0.39, 0.29) is 29.6 Å². The second-order valence-electron chi connectivity index (χ2n) is 6.90. The van der Waals surface area contributed by atoms with Gasteiger partial charge >= 0.3 is 6.61 Å². The van der Waals surface area contributed by atoms with Gasteiger partial charge in [0.25, 0.3) is 0 Å². The van der Waals surface area contributed by atoms with Gasteiger partial charge in [-0.3, -0.25) is 4.79 Å². The van der Waals surface area contributed by atoms with Crippen LogP contribution < -0.4 is 10.1 Å². The highest BCUT2D eigenvalue weighted by atomic mass is 35.5. The zero-order valence-corrected chi connectivity index (χ0v) is 17.5. The Morgan fingerprint density at radius 2 is 1.97 bits per heavy atom. The molecule has 0 saturated carbocycles. The number of hydrogen-bond donors (Lipinski definition) is 1. The Kier molecular flexibility index (Phi) is 7.27. The largest absolute Gasteiger partial charge is 0.435 e. The lowest BCUT2D eigenvalue weighted by Crippen LogP contribution is -2.45. The first-order valence-electron chi connectivity index (χ1n) is 9.33. The van der Waals surface area contributed by atoms with Crippen molar-refractivity contribution in [2.45, 2.75) is 30.9 Å². The molecule has 30 heavy (non-hydrogen) atoms. The zero-order chi connectivity index (χ0) is 21.7.